The van der Waals surface area contributed by atoms with Gasteiger partial charge in [-0.15, -0.1) is 0 Å². The Morgan fingerprint density at radius 2 is 2.00 bits per heavy atom. The zero-order valence-corrected chi connectivity index (χ0v) is 10.0. The Kier molecular flexibility index (Phi) is 2.37. The van der Waals surface area contributed by atoms with E-state index < -0.39 is 0 Å². The quantitative estimate of drug-likeness (QED) is 0.688. The van der Waals surface area contributed by atoms with Gasteiger partial charge in [0.2, 0.25) is 5.64 Å². The van der Waals surface area contributed by atoms with E-state index in [1.165, 1.54) is 16.1 Å². The van der Waals surface area contributed by atoms with Crippen molar-refractivity contribution in [3.63, 3.8) is 0 Å². The van der Waals surface area contributed by atoms with Crippen molar-refractivity contribution in [2.24, 2.45) is 4.99 Å². The van der Waals surface area contributed by atoms with Gasteiger partial charge < -0.3 is 4.74 Å². The maximum atomic E-state index is 5.53. The van der Waals surface area contributed by atoms with Crippen molar-refractivity contribution in [3.8, 4) is 0 Å². The van der Waals surface area contributed by atoms with Crippen molar-refractivity contribution in [2.75, 3.05) is 6.61 Å². The molecule has 0 amide bonds. The molecule has 2 aromatic carbocycles. The Morgan fingerprint density at radius 3 is 2.81 bits per heavy atom. The van der Waals surface area contributed by atoms with Crippen LogP contribution in [-0.2, 0) is 4.74 Å². The van der Waals surface area contributed by atoms with Crippen LogP contribution in [0.25, 0.3) is 10.8 Å². The third-order valence-electron chi connectivity index (χ3n) is 2.63. The summed E-state index contributed by atoms with van der Waals surface area (Å²) < 4.78 is 5.53. The van der Waals surface area contributed by atoms with Crippen LogP contribution < -0.4 is 5.30 Å². The van der Waals surface area contributed by atoms with Gasteiger partial charge in [-0.3, -0.25) is 0 Å². The third-order valence-corrected chi connectivity index (χ3v) is 3.78. The number of nitrogens with zero attached hydrogens (tertiary/aromatic N) is 1. The molecule has 3 rings (SSSR count). The lowest BCUT2D eigenvalue weighted by atomic mass is 10.1. The Morgan fingerprint density at radius 1 is 1.19 bits per heavy atom. The van der Waals surface area contributed by atoms with Crippen molar-refractivity contribution in [2.45, 2.75) is 6.92 Å². The van der Waals surface area contributed by atoms with Crippen LogP contribution in [0.3, 0.4) is 0 Å². The molecule has 2 nitrogen and oxygen atoms in total. The first-order chi connectivity index (χ1) is 7.88. The van der Waals surface area contributed by atoms with Gasteiger partial charge in [0.05, 0.1) is 12.3 Å². The molecule has 0 saturated carbocycles. The van der Waals surface area contributed by atoms with Crippen LogP contribution in [0.5, 0.6) is 0 Å². The predicted octanol–water partition coefficient (Wildman–Crippen LogP) is 3.18. The van der Waals surface area contributed by atoms with Crippen LogP contribution in [0.1, 0.15) is 6.92 Å². The van der Waals surface area contributed by atoms with E-state index in [0.717, 1.165) is 11.3 Å². The van der Waals surface area contributed by atoms with Crippen LogP contribution in [0, 0.1) is 0 Å². The number of hydrogen-bond acceptors (Lipinski definition) is 2. The van der Waals surface area contributed by atoms with Gasteiger partial charge in [0.15, 0.2) is 0 Å². The topological polar surface area (TPSA) is 21.6 Å². The van der Waals surface area contributed by atoms with E-state index in [1.54, 1.807) is 0 Å². The highest BCUT2D eigenvalue weighted by atomic mass is 31.1. The number of benzene rings is 2. The summed E-state index contributed by atoms with van der Waals surface area (Å²) in [4.78, 5) is 4.56. The molecule has 0 spiro atoms. The van der Waals surface area contributed by atoms with E-state index in [4.69, 9.17) is 4.74 Å². The van der Waals surface area contributed by atoms with E-state index >= 15 is 0 Å². The van der Waals surface area contributed by atoms with Crippen molar-refractivity contribution in [1.82, 2.24) is 0 Å². The second-order valence-corrected chi connectivity index (χ2v) is 4.87. The summed E-state index contributed by atoms with van der Waals surface area (Å²) in [7, 11) is 0.543. The van der Waals surface area contributed by atoms with Crippen LogP contribution in [0.4, 0.5) is 5.69 Å². The fraction of sp³-hybridized carbons (Fsp3) is 0.154. The van der Waals surface area contributed by atoms with E-state index in [1.807, 2.05) is 13.0 Å². The molecule has 0 saturated heterocycles. The summed E-state index contributed by atoms with van der Waals surface area (Å²) in [5.74, 6) is 0. The maximum absolute atomic E-state index is 5.53. The number of aliphatic imine (C=N–C) groups is 1. The first-order valence-electron chi connectivity index (χ1n) is 5.39. The number of rotatable bonds is 1. The van der Waals surface area contributed by atoms with Gasteiger partial charge >= 0.3 is 0 Å². The molecule has 1 heterocycles. The summed E-state index contributed by atoms with van der Waals surface area (Å²) >= 11 is 0. The van der Waals surface area contributed by atoms with Crippen molar-refractivity contribution < 1.29 is 4.74 Å². The molecule has 0 aromatic heterocycles. The lowest BCUT2D eigenvalue weighted by molar-refractivity contribution is 0.337. The molecular formula is C13H12NOP. The van der Waals surface area contributed by atoms with Crippen LogP contribution in [0.15, 0.2) is 41.4 Å². The molecule has 1 atom stereocenters. The summed E-state index contributed by atoms with van der Waals surface area (Å²) in [6.45, 7) is 2.68. The SMILES string of the molecule is CCOC1=Nc2cccc3cccc(c23)P1. The molecule has 1 aliphatic heterocycles. The predicted molar refractivity (Wildman–Crippen MR) is 70.6 cm³/mol. The normalized spacial score (nSPS) is 15.2. The minimum absolute atomic E-state index is 0.543. The summed E-state index contributed by atoms with van der Waals surface area (Å²) in [5, 5.41) is 3.89. The average Bonchev–Trinajstić information content (AvgIpc) is 2.30. The van der Waals surface area contributed by atoms with Crippen molar-refractivity contribution >= 4 is 36.0 Å². The van der Waals surface area contributed by atoms with Crippen LogP contribution in [-0.4, -0.2) is 12.2 Å². The monoisotopic (exact) mass is 229 g/mol. The minimum atomic E-state index is 0.543. The summed E-state index contributed by atoms with van der Waals surface area (Å²) in [6, 6.07) is 12.6. The molecule has 3 heteroatoms. The number of ether oxygens (including phenoxy) is 1. The Bertz CT molecular complexity index is 572. The average molecular weight is 229 g/mol. The van der Waals surface area contributed by atoms with E-state index in [9.17, 15) is 0 Å². The van der Waals surface area contributed by atoms with E-state index in [-0.39, 0.29) is 0 Å². The molecule has 2 aromatic rings. The zero-order chi connectivity index (χ0) is 11.0. The van der Waals surface area contributed by atoms with Gasteiger partial charge in [-0.25, -0.2) is 4.99 Å². The lowest BCUT2D eigenvalue weighted by Crippen LogP contribution is -2.09. The van der Waals surface area contributed by atoms with Gasteiger partial charge in [0, 0.05) is 14.0 Å². The second-order valence-electron chi connectivity index (χ2n) is 3.66. The Balaban J connectivity index is 2.23. The lowest BCUT2D eigenvalue weighted by Gasteiger charge is -2.16. The van der Waals surface area contributed by atoms with Gasteiger partial charge in [-0.05, 0) is 23.7 Å². The highest BCUT2D eigenvalue weighted by Crippen LogP contribution is 2.34. The van der Waals surface area contributed by atoms with Crippen molar-refractivity contribution in [3.05, 3.63) is 36.4 Å². The molecule has 16 heavy (non-hydrogen) atoms. The molecule has 0 fully saturated rings. The van der Waals surface area contributed by atoms with Crippen LogP contribution >= 0.6 is 8.58 Å². The molecular weight excluding hydrogens is 217 g/mol. The van der Waals surface area contributed by atoms with E-state index in [0.29, 0.717) is 15.2 Å². The summed E-state index contributed by atoms with van der Waals surface area (Å²) in [6.07, 6.45) is 0. The highest BCUT2D eigenvalue weighted by molar-refractivity contribution is 7.65. The standard InChI is InChI=1S/C13H12NOP/c1-2-15-13-14-10-7-3-5-9-6-4-8-11(16-13)12(9)10/h3-8,16H,2H2,1H3. The molecule has 1 aliphatic rings. The molecule has 0 radical (unpaired) electrons. The molecule has 80 valence electrons. The largest absolute Gasteiger partial charge is 0.478 e. The Hall–Kier alpha value is -1.40. The van der Waals surface area contributed by atoms with Gasteiger partial charge in [-0.2, -0.15) is 0 Å². The van der Waals surface area contributed by atoms with E-state index in [2.05, 4.69) is 35.3 Å². The minimum Gasteiger partial charge on any atom is -0.478 e. The first kappa shape index (κ1) is 9.80. The third kappa shape index (κ3) is 1.50. The summed E-state index contributed by atoms with van der Waals surface area (Å²) in [5.41, 5.74) is 1.89. The molecule has 1 unspecified atom stereocenters. The smallest absolute Gasteiger partial charge is 0.212 e. The van der Waals surface area contributed by atoms with Gasteiger partial charge in [-0.1, -0.05) is 30.3 Å². The second kappa shape index (κ2) is 3.88. The molecule has 0 aliphatic carbocycles. The zero-order valence-electron chi connectivity index (χ0n) is 9.03. The maximum Gasteiger partial charge on any atom is 0.212 e. The fourth-order valence-electron chi connectivity index (χ4n) is 1.98. The van der Waals surface area contributed by atoms with Crippen LogP contribution in [0.2, 0.25) is 0 Å². The Labute approximate surface area is 96.1 Å². The first-order valence-corrected chi connectivity index (χ1v) is 6.39. The van der Waals surface area contributed by atoms with Gasteiger partial charge in [0.25, 0.3) is 0 Å². The number of hydrogen-bond donors (Lipinski definition) is 0. The molecule has 0 N–H and O–H groups in total. The molecule has 0 bridgehead atoms. The van der Waals surface area contributed by atoms with Gasteiger partial charge in [0.1, 0.15) is 0 Å². The highest BCUT2D eigenvalue weighted by Gasteiger charge is 2.14. The fourth-order valence-corrected chi connectivity index (χ4v) is 3.18. The van der Waals surface area contributed by atoms with Crippen molar-refractivity contribution in [1.29, 1.82) is 0 Å².